The molecule has 0 aliphatic rings. The summed E-state index contributed by atoms with van der Waals surface area (Å²) in [7, 11) is -3.21. The van der Waals surface area contributed by atoms with Gasteiger partial charge in [0.2, 0.25) is 10.0 Å². The highest BCUT2D eigenvalue weighted by Gasteiger charge is 2.25. The molecule has 1 aromatic heterocycles. The minimum atomic E-state index is -3.21. The summed E-state index contributed by atoms with van der Waals surface area (Å²) in [5, 5.41) is 1.15. The molecule has 0 radical (unpaired) electrons. The molecule has 2 aromatic rings. The molecule has 0 aliphatic carbocycles. The highest BCUT2D eigenvalue weighted by atomic mass is 32.2. The van der Waals surface area contributed by atoms with Crippen LogP contribution in [-0.2, 0) is 16.4 Å². The van der Waals surface area contributed by atoms with Gasteiger partial charge < -0.3 is 4.98 Å². The monoisotopic (exact) mass is 294 g/mol. The van der Waals surface area contributed by atoms with Crippen LogP contribution < -0.4 is 4.72 Å². The third kappa shape index (κ3) is 3.61. The van der Waals surface area contributed by atoms with Gasteiger partial charge in [0.05, 0.1) is 5.75 Å². The largest absolute Gasteiger partial charge is 0.361 e. The maximum atomic E-state index is 11.9. The number of rotatable bonds is 6. The highest BCUT2D eigenvalue weighted by molar-refractivity contribution is 7.89. The number of benzene rings is 1. The molecule has 0 unspecified atom stereocenters. The molecule has 0 fully saturated rings. The molecule has 0 saturated carbocycles. The SMILES string of the molecule is CCCS(=O)(=O)NC(C)(C)Cc1c[nH]c2ccccc12. The standard InChI is InChI=1S/C15H22N2O2S/c1-4-9-20(18,19)17-15(2,3)10-12-11-16-14-8-6-5-7-13(12)14/h5-8,11,16-17H,4,9-10H2,1-3H3. The van der Waals surface area contributed by atoms with Crippen LogP contribution in [0.1, 0.15) is 32.8 Å². The molecule has 1 aromatic carbocycles. The number of nitrogens with one attached hydrogen (secondary N) is 2. The van der Waals surface area contributed by atoms with Crippen molar-refractivity contribution in [1.82, 2.24) is 9.71 Å². The molecule has 2 rings (SSSR count). The second kappa shape index (κ2) is 5.58. The predicted octanol–water partition coefficient (Wildman–Crippen LogP) is 2.82. The number of hydrogen-bond donors (Lipinski definition) is 2. The van der Waals surface area contributed by atoms with E-state index in [-0.39, 0.29) is 5.75 Å². The Balaban J connectivity index is 2.20. The van der Waals surface area contributed by atoms with E-state index in [1.807, 2.05) is 45.2 Å². The highest BCUT2D eigenvalue weighted by Crippen LogP contribution is 2.22. The van der Waals surface area contributed by atoms with Crippen molar-refractivity contribution in [2.45, 2.75) is 39.2 Å². The molecule has 2 N–H and O–H groups in total. The minimum absolute atomic E-state index is 0.171. The third-order valence-electron chi connectivity index (χ3n) is 3.21. The smallest absolute Gasteiger partial charge is 0.212 e. The summed E-state index contributed by atoms with van der Waals surface area (Å²) in [6.07, 6.45) is 3.24. The molecule has 110 valence electrons. The van der Waals surface area contributed by atoms with Crippen molar-refractivity contribution in [3.63, 3.8) is 0 Å². The Morgan fingerprint density at radius 1 is 1.25 bits per heavy atom. The lowest BCUT2D eigenvalue weighted by molar-refractivity contribution is 0.451. The van der Waals surface area contributed by atoms with E-state index in [0.29, 0.717) is 12.8 Å². The van der Waals surface area contributed by atoms with Crippen LogP contribution in [0.2, 0.25) is 0 Å². The number of fused-ring (bicyclic) bond motifs is 1. The van der Waals surface area contributed by atoms with Gasteiger partial charge in [-0.15, -0.1) is 0 Å². The van der Waals surface area contributed by atoms with E-state index < -0.39 is 15.6 Å². The molecule has 0 saturated heterocycles. The van der Waals surface area contributed by atoms with Crippen molar-refractivity contribution in [2.24, 2.45) is 0 Å². The zero-order chi connectivity index (χ0) is 14.8. The van der Waals surface area contributed by atoms with E-state index in [4.69, 9.17) is 0 Å². The number of sulfonamides is 1. The van der Waals surface area contributed by atoms with Gasteiger partial charge in [-0.2, -0.15) is 0 Å². The number of aromatic amines is 1. The van der Waals surface area contributed by atoms with Crippen molar-refractivity contribution in [3.05, 3.63) is 36.0 Å². The Labute approximate surface area is 120 Å². The fraction of sp³-hybridized carbons (Fsp3) is 0.467. The molecule has 0 aliphatic heterocycles. The van der Waals surface area contributed by atoms with Crippen molar-refractivity contribution in [3.8, 4) is 0 Å². The van der Waals surface area contributed by atoms with E-state index in [0.717, 1.165) is 16.5 Å². The number of H-pyrrole nitrogens is 1. The van der Waals surface area contributed by atoms with E-state index in [1.165, 1.54) is 0 Å². The van der Waals surface area contributed by atoms with Gasteiger partial charge in [0, 0.05) is 22.6 Å². The van der Waals surface area contributed by atoms with Crippen LogP contribution in [0, 0.1) is 0 Å². The Morgan fingerprint density at radius 3 is 2.65 bits per heavy atom. The van der Waals surface area contributed by atoms with Crippen LogP contribution in [0.5, 0.6) is 0 Å². The van der Waals surface area contributed by atoms with E-state index in [9.17, 15) is 8.42 Å². The molecule has 0 amide bonds. The zero-order valence-corrected chi connectivity index (χ0v) is 13.0. The summed E-state index contributed by atoms with van der Waals surface area (Å²) in [6, 6.07) is 8.05. The fourth-order valence-electron chi connectivity index (χ4n) is 2.53. The summed E-state index contributed by atoms with van der Waals surface area (Å²) in [5.41, 5.74) is 1.71. The lowest BCUT2D eigenvalue weighted by atomic mass is 9.96. The average Bonchev–Trinajstić information content (AvgIpc) is 2.70. The normalized spacial score (nSPS) is 12.9. The lowest BCUT2D eigenvalue weighted by Crippen LogP contribution is -2.45. The zero-order valence-electron chi connectivity index (χ0n) is 12.2. The molecule has 20 heavy (non-hydrogen) atoms. The number of aromatic nitrogens is 1. The van der Waals surface area contributed by atoms with E-state index in [1.54, 1.807) is 0 Å². The molecule has 0 atom stereocenters. The van der Waals surface area contributed by atoms with Crippen LogP contribution in [0.3, 0.4) is 0 Å². The molecule has 4 nitrogen and oxygen atoms in total. The van der Waals surface area contributed by atoms with Gasteiger partial charge >= 0.3 is 0 Å². The van der Waals surface area contributed by atoms with Crippen LogP contribution >= 0.6 is 0 Å². The maximum Gasteiger partial charge on any atom is 0.212 e. The average molecular weight is 294 g/mol. The summed E-state index contributed by atoms with van der Waals surface area (Å²) >= 11 is 0. The summed E-state index contributed by atoms with van der Waals surface area (Å²) in [5.74, 6) is 0.171. The van der Waals surface area contributed by atoms with Crippen molar-refractivity contribution in [1.29, 1.82) is 0 Å². The van der Waals surface area contributed by atoms with Crippen molar-refractivity contribution < 1.29 is 8.42 Å². The van der Waals surface area contributed by atoms with Gasteiger partial charge in [0.1, 0.15) is 0 Å². The van der Waals surface area contributed by atoms with Gasteiger partial charge in [-0.1, -0.05) is 25.1 Å². The molecular formula is C15H22N2O2S. The van der Waals surface area contributed by atoms with Crippen molar-refractivity contribution >= 4 is 20.9 Å². The van der Waals surface area contributed by atoms with Gasteiger partial charge in [-0.05, 0) is 38.3 Å². The molecule has 0 spiro atoms. The summed E-state index contributed by atoms with van der Waals surface area (Å²) in [4.78, 5) is 3.22. The van der Waals surface area contributed by atoms with Crippen LogP contribution in [0.4, 0.5) is 0 Å². The van der Waals surface area contributed by atoms with Crippen LogP contribution in [0.15, 0.2) is 30.5 Å². The van der Waals surface area contributed by atoms with Gasteiger partial charge in [-0.3, -0.25) is 0 Å². The van der Waals surface area contributed by atoms with Crippen LogP contribution in [0.25, 0.3) is 10.9 Å². The van der Waals surface area contributed by atoms with E-state index >= 15 is 0 Å². The first kappa shape index (κ1) is 15.1. The van der Waals surface area contributed by atoms with Gasteiger partial charge in [0.25, 0.3) is 0 Å². The number of hydrogen-bond acceptors (Lipinski definition) is 2. The number of para-hydroxylation sites is 1. The quantitative estimate of drug-likeness (QED) is 0.860. The Bertz CT molecular complexity index is 687. The minimum Gasteiger partial charge on any atom is -0.361 e. The first-order valence-corrected chi connectivity index (χ1v) is 8.55. The lowest BCUT2D eigenvalue weighted by Gasteiger charge is -2.25. The Morgan fingerprint density at radius 2 is 1.95 bits per heavy atom. The fourth-order valence-corrected chi connectivity index (χ4v) is 4.08. The Kier molecular flexibility index (Phi) is 4.20. The maximum absolute atomic E-state index is 11.9. The predicted molar refractivity (Wildman–Crippen MR) is 83.3 cm³/mol. The van der Waals surface area contributed by atoms with Gasteiger partial charge in [-0.25, -0.2) is 13.1 Å². The summed E-state index contributed by atoms with van der Waals surface area (Å²) in [6.45, 7) is 5.70. The molecule has 1 heterocycles. The molecule has 5 heteroatoms. The van der Waals surface area contributed by atoms with Gasteiger partial charge in [0.15, 0.2) is 0 Å². The molecule has 0 bridgehead atoms. The summed E-state index contributed by atoms with van der Waals surface area (Å²) < 4.78 is 26.6. The van der Waals surface area contributed by atoms with Crippen molar-refractivity contribution in [2.75, 3.05) is 5.75 Å². The molecular weight excluding hydrogens is 272 g/mol. The second-order valence-electron chi connectivity index (χ2n) is 5.84. The topological polar surface area (TPSA) is 62.0 Å². The Hall–Kier alpha value is -1.33. The van der Waals surface area contributed by atoms with E-state index in [2.05, 4.69) is 15.8 Å². The third-order valence-corrected chi connectivity index (χ3v) is 5.02. The second-order valence-corrected chi connectivity index (χ2v) is 7.68. The first-order chi connectivity index (χ1) is 9.33. The first-order valence-electron chi connectivity index (χ1n) is 6.90. The van der Waals surface area contributed by atoms with Crippen LogP contribution in [-0.4, -0.2) is 24.7 Å².